The molecule has 0 aliphatic carbocycles. The number of carbonyl (C=O) groups is 1. The SMILES string of the molecule is NC(=O)CC[C@@H]1CCCN2CCC3=c4ccccc4=NC3[C@H]12. The van der Waals surface area contributed by atoms with Crippen molar-refractivity contribution in [2.45, 2.75) is 44.2 Å². The summed E-state index contributed by atoms with van der Waals surface area (Å²) in [6, 6.07) is 9.29. The molecule has 1 aromatic carbocycles. The monoisotopic (exact) mass is 297 g/mol. The lowest BCUT2D eigenvalue weighted by Gasteiger charge is -2.47. The Morgan fingerprint density at radius 3 is 3.05 bits per heavy atom. The largest absolute Gasteiger partial charge is 0.370 e. The van der Waals surface area contributed by atoms with Gasteiger partial charge in [-0.15, -0.1) is 0 Å². The van der Waals surface area contributed by atoms with Crippen molar-refractivity contribution in [3.8, 4) is 0 Å². The molecule has 3 aliphatic rings. The van der Waals surface area contributed by atoms with Gasteiger partial charge in [-0.3, -0.25) is 14.7 Å². The second-order valence-electron chi connectivity index (χ2n) is 6.80. The molecule has 0 bridgehead atoms. The van der Waals surface area contributed by atoms with E-state index in [1.165, 1.54) is 30.2 Å². The number of piperidine rings is 2. The van der Waals surface area contributed by atoms with Crippen LogP contribution in [0.15, 0.2) is 29.3 Å². The zero-order chi connectivity index (χ0) is 15.1. The Balaban J connectivity index is 1.68. The van der Waals surface area contributed by atoms with Gasteiger partial charge in [0.15, 0.2) is 0 Å². The van der Waals surface area contributed by atoms with E-state index in [-0.39, 0.29) is 5.91 Å². The molecule has 4 heteroatoms. The van der Waals surface area contributed by atoms with Gasteiger partial charge < -0.3 is 5.73 Å². The van der Waals surface area contributed by atoms with Crippen molar-refractivity contribution >= 4 is 11.5 Å². The average Bonchev–Trinajstić information content (AvgIpc) is 2.91. The molecule has 0 radical (unpaired) electrons. The summed E-state index contributed by atoms with van der Waals surface area (Å²) in [6.45, 7) is 2.31. The van der Waals surface area contributed by atoms with Crippen LogP contribution in [0.2, 0.25) is 0 Å². The zero-order valence-electron chi connectivity index (χ0n) is 12.9. The maximum absolute atomic E-state index is 11.2. The Morgan fingerprint density at radius 1 is 1.32 bits per heavy atom. The van der Waals surface area contributed by atoms with Crippen LogP contribution in [0.5, 0.6) is 0 Å². The molecule has 1 aromatic rings. The number of benzene rings is 1. The number of primary amides is 1. The molecule has 0 aromatic heterocycles. The summed E-state index contributed by atoms with van der Waals surface area (Å²) >= 11 is 0. The van der Waals surface area contributed by atoms with Gasteiger partial charge in [0, 0.05) is 24.2 Å². The summed E-state index contributed by atoms with van der Waals surface area (Å²) in [5.41, 5.74) is 6.89. The van der Waals surface area contributed by atoms with Gasteiger partial charge in [-0.1, -0.05) is 18.2 Å². The number of nitrogens with zero attached hydrogens (tertiary/aromatic N) is 2. The highest BCUT2D eigenvalue weighted by molar-refractivity contribution is 5.73. The summed E-state index contributed by atoms with van der Waals surface area (Å²) in [4.78, 5) is 18.8. The lowest BCUT2D eigenvalue weighted by Crippen LogP contribution is -2.55. The van der Waals surface area contributed by atoms with Crippen molar-refractivity contribution in [1.82, 2.24) is 4.90 Å². The van der Waals surface area contributed by atoms with E-state index in [0.717, 1.165) is 24.7 Å². The van der Waals surface area contributed by atoms with Gasteiger partial charge in [0.1, 0.15) is 0 Å². The van der Waals surface area contributed by atoms with E-state index in [0.29, 0.717) is 24.4 Å². The number of nitrogens with two attached hydrogens (primary N) is 1. The molecule has 3 heterocycles. The molecule has 1 unspecified atom stereocenters. The fraction of sp³-hybridized carbons (Fsp3) is 0.556. The molecule has 3 atom stereocenters. The molecule has 0 saturated carbocycles. The van der Waals surface area contributed by atoms with Crippen LogP contribution in [0.1, 0.15) is 32.1 Å². The standard InChI is InChI=1S/C18H23N3O/c19-16(22)8-7-12-4-3-10-21-11-9-14-13-5-1-2-6-15(13)20-17(14)18(12)21/h1-2,5-6,12,17-18H,3-4,7-11H2,(H2,19,22)/t12-,17?,18-/m0/s1. The molecule has 1 amide bonds. The van der Waals surface area contributed by atoms with Crippen LogP contribution in [0.4, 0.5) is 0 Å². The Morgan fingerprint density at radius 2 is 2.18 bits per heavy atom. The van der Waals surface area contributed by atoms with E-state index in [1.807, 2.05) is 0 Å². The van der Waals surface area contributed by atoms with Crippen LogP contribution in [0.25, 0.3) is 5.57 Å². The maximum atomic E-state index is 11.2. The number of fused-ring (bicyclic) bond motifs is 4. The quantitative estimate of drug-likeness (QED) is 0.887. The minimum absolute atomic E-state index is 0.177. The van der Waals surface area contributed by atoms with Gasteiger partial charge in [0.25, 0.3) is 0 Å². The number of hydrogen-bond acceptors (Lipinski definition) is 3. The fourth-order valence-corrected chi connectivity index (χ4v) is 4.61. The topological polar surface area (TPSA) is 58.7 Å². The van der Waals surface area contributed by atoms with Gasteiger partial charge in [-0.25, -0.2) is 0 Å². The van der Waals surface area contributed by atoms with Crippen LogP contribution in [-0.2, 0) is 4.79 Å². The van der Waals surface area contributed by atoms with Crippen molar-refractivity contribution in [1.29, 1.82) is 0 Å². The molecule has 4 rings (SSSR count). The highest BCUT2D eigenvalue weighted by Gasteiger charge is 2.42. The maximum Gasteiger partial charge on any atom is 0.217 e. The van der Waals surface area contributed by atoms with E-state index < -0.39 is 0 Å². The Kier molecular flexibility index (Phi) is 3.49. The number of hydrogen-bond donors (Lipinski definition) is 1. The highest BCUT2D eigenvalue weighted by Crippen LogP contribution is 2.38. The molecule has 3 aliphatic heterocycles. The van der Waals surface area contributed by atoms with Gasteiger partial charge in [0.2, 0.25) is 5.91 Å². The third kappa shape index (κ3) is 2.26. The lowest BCUT2D eigenvalue weighted by atomic mass is 9.77. The first-order valence-electron chi connectivity index (χ1n) is 8.42. The van der Waals surface area contributed by atoms with E-state index in [1.54, 1.807) is 0 Å². The van der Waals surface area contributed by atoms with Crippen LogP contribution in [0.3, 0.4) is 0 Å². The van der Waals surface area contributed by atoms with Crippen LogP contribution >= 0.6 is 0 Å². The fourth-order valence-electron chi connectivity index (χ4n) is 4.61. The van der Waals surface area contributed by atoms with Gasteiger partial charge in [0.05, 0.1) is 11.4 Å². The first-order valence-corrected chi connectivity index (χ1v) is 8.42. The van der Waals surface area contributed by atoms with Gasteiger partial charge >= 0.3 is 0 Å². The summed E-state index contributed by atoms with van der Waals surface area (Å²) in [7, 11) is 0. The third-order valence-corrected chi connectivity index (χ3v) is 5.56. The first-order chi connectivity index (χ1) is 10.7. The van der Waals surface area contributed by atoms with Crippen LogP contribution < -0.4 is 16.3 Å². The molecular weight excluding hydrogens is 274 g/mol. The Bertz CT molecular complexity index is 711. The van der Waals surface area contributed by atoms with Gasteiger partial charge in [-0.05, 0) is 49.8 Å². The molecule has 2 N–H and O–H groups in total. The van der Waals surface area contributed by atoms with Crippen molar-refractivity contribution in [3.05, 3.63) is 34.8 Å². The smallest absolute Gasteiger partial charge is 0.217 e. The van der Waals surface area contributed by atoms with Crippen molar-refractivity contribution in [3.63, 3.8) is 0 Å². The predicted molar refractivity (Wildman–Crippen MR) is 85.5 cm³/mol. The first kappa shape index (κ1) is 13.9. The molecule has 0 spiro atoms. The van der Waals surface area contributed by atoms with Crippen molar-refractivity contribution < 1.29 is 4.79 Å². The predicted octanol–water partition coefficient (Wildman–Crippen LogP) is 0.589. The zero-order valence-corrected chi connectivity index (χ0v) is 12.9. The van der Waals surface area contributed by atoms with Crippen LogP contribution in [0, 0.1) is 5.92 Å². The number of carbonyl (C=O) groups excluding carboxylic acids is 1. The highest BCUT2D eigenvalue weighted by atomic mass is 16.1. The summed E-state index contributed by atoms with van der Waals surface area (Å²) in [6.07, 6.45) is 4.97. The number of amides is 1. The van der Waals surface area contributed by atoms with Crippen molar-refractivity contribution in [2.75, 3.05) is 13.1 Å². The molecule has 4 nitrogen and oxygen atoms in total. The Labute approximate surface area is 130 Å². The van der Waals surface area contributed by atoms with E-state index in [9.17, 15) is 4.79 Å². The minimum Gasteiger partial charge on any atom is -0.370 e. The second-order valence-corrected chi connectivity index (χ2v) is 6.80. The van der Waals surface area contributed by atoms with E-state index in [4.69, 9.17) is 10.7 Å². The number of para-hydroxylation sites is 1. The van der Waals surface area contributed by atoms with Crippen LogP contribution in [-0.4, -0.2) is 36.0 Å². The lowest BCUT2D eigenvalue weighted by molar-refractivity contribution is -0.118. The average molecular weight is 297 g/mol. The minimum atomic E-state index is -0.177. The molecular formula is C18H23N3O. The second kappa shape index (κ2) is 5.51. The summed E-state index contributed by atoms with van der Waals surface area (Å²) in [5, 5.41) is 2.51. The molecule has 2 saturated heterocycles. The Hall–Kier alpha value is -1.68. The summed E-state index contributed by atoms with van der Waals surface area (Å²) < 4.78 is 0. The number of rotatable bonds is 3. The van der Waals surface area contributed by atoms with Gasteiger partial charge in [-0.2, -0.15) is 0 Å². The summed E-state index contributed by atoms with van der Waals surface area (Å²) in [5.74, 6) is 0.364. The molecule has 22 heavy (non-hydrogen) atoms. The third-order valence-electron chi connectivity index (χ3n) is 5.56. The van der Waals surface area contributed by atoms with E-state index in [2.05, 4.69) is 29.2 Å². The normalized spacial score (nSPS) is 30.2. The van der Waals surface area contributed by atoms with E-state index >= 15 is 0 Å². The van der Waals surface area contributed by atoms with Crippen molar-refractivity contribution in [2.24, 2.45) is 16.6 Å². The molecule has 2 fully saturated rings. The molecule has 116 valence electrons.